The number of aromatic nitrogens is 2. The monoisotopic (exact) mass is 354 g/mol. The predicted molar refractivity (Wildman–Crippen MR) is 102 cm³/mol. The van der Waals surface area contributed by atoms with Crippen molar-refractivity contribution in [2.45, 2.75) is 50.5 Å². The van der Waals surface area contributed by atoms with Gasteiger partial charge in [-0.1, -0.05) is 12.8 Å². The maximum atomic E-state index is 13.0. The Kier molecular flexibility index (Phi) is 4.58. The van der Waals surface area contributed by atoms with Gasteiger partial charge in [0.05, 0.1) is 29.5 Å². The highest BCUT2D eigenvalue weighted by molar-refractivity contribution is 7.89. The van der Waals surface area contributed by atoms with Crippen molar-refractivity contribution in [1.82, 2.24) is 14.7 Å². The number of nitrogens with one attached hydrogen (secondary N) is 1. The lowest BCUT2D eigenvalue weighted by atomic mass is 9.98. The summed E-state index contributed by atoms with van der Waals surface area (Å²) < 4.78 is 16.3. The summed E-state index contributed by atoms with van der Waals surface area (Å²) in [6.45, 7) is 4.86. The van der Waals surface area contributed by atoms with E-state index < -0.39 is 11.4 Å². The standard InChI is InChI=1S/C19H22N4OS/c1-12-11-22-13(2)18(12)14-9-16-19(21-8-7-20-16)17(10-14)25(24)23-15-5-3-4-6-15/h7-10,15,23H,3-6,11H2,1-2H3. The molecule has 0 spiro atoms. The van der Waals surface area contributed by atoms with Crippen LogP contribution in [0.2, 0.25) is 0 Å². The fraction of sp³-hybridized carbons (Fsp3) is 0.421. The Balaban J connectivity index is 1.79. The minimum atomic E-state index is -1.30. The van der Waals surface area contributed by atoms with Gasteiger partial charge in [0.25, 0.3) is 0 Å². The molecule has 2 aliphatic rings. The van der Waals surface area contributed by atoms with Gasteiger partial charge in [-0.15, -0.1) is 4.72 Å². The summed E-state index contributed by atoms with van der Waals surface area (Å²) >= 11 is -1.30. The molecule has 1 atom stereocenters. The predicted octanol–water partition coefficient (Wildman–Crippen LogP) is 3.43. The van der Waals surface area contributed by atoms with Crippen molar-refractivity contribution in [2.75, 3.05) is 6.54 Å². The molecule has 1 N–H and O–H groups in total. The van der Waals surface area contributed by atoms with E-state index in [4.69, 9.17) is 0 Å². The van der Waals surface area contributed by atoms with Crippen LogP contribution in [-0.2, 0) is 11.4 Å². The van der Waals surface area contributed by atoms with Crippen LogP contribution in [0.1, 0.15) is 45.1 Å². The molecule has 25 heavy (non-hydrogen) atoms. The molecule has 4 rings (SSSR count). The topological polar surface area (TPSA) is 73.2 Å². The summed E-state index contributed by atoms with van der Waals surface area (Å²) in [6.07, 6.45) is 7.93. The first-order valence-corrected chi connectivity index (χ1v) is 9.92. The second-order valence-corrected chi connectivity index (χ2v) is 8.04. The van der Waals surface area contributed by atoms with Crippen LogP contribution >= 0.6 is 0 Å². The summed E-state index contributed by atoms with van der Waals surface area (Å²) in [7, 11) is 0. The van der Waals surface area contributed by atoms with Crippen molar-refractivity contribution in [3.8, 4) is 0 Å². The first-order chi connectivity index (χ1) is 12.1. The van der Waals surface area contributed by atoms with Crippen molar-refractivity contribution >= 4 is 33.7 Å². The van der Waals surface area contributed by atoms with Crippen LogP contribution in [0.3, 0.4) is 0 Å². The summed E-state index contributed by atoms with van der Waals surface area (Å²) in [5.74, 6) is 0. The van der Waals surface area contributed by atoms with E-state index in [1.54, 1.807) is 12.4 Å². The van der Waals surface area contributed by atoms with Crippen LogP contribution < -0.4 is 4.72 Å². The Morgan fingerprint density at radius 3 is 2.60 bits per heavy atom. The minimum Gasteiger partial charge on any atom is -0.593 e. The van der Waals surface area contributed by atoms with Gasteiger partial charge in [0, 0.05) is 29.7 Å². The zero-order valence-electron chi connectivity index (χ0n) is 14.6. The Morgan fingerprint density at radius 2 is 1.88 bits per heavy atom. The molecule has 1 aliphatic carbocycles. The van der Waals surface area contributed by atoms with Crippen LogP contribution in [0.5, 0.6) is 0 Å². The van der Waals surface area contributed by atoms with Crippen molar-refractivity contribution in [3.05, 3.63) is 35.7 Å². The molecule has 1 saturated carbocycles. The molecule has 130 valence electrons. The van der Waals surface area contributed by atoms with Crippen molar-refractivity contribution in [3.63, 3.8) is 0 Å². The van der Waals surface area contributed by atoms with Crippen molar-refractivity contribution in [2.24, 2.45) is 4.99 Å². The number of benzene rings is 1. The van der Waals surface area contributed by atoms with E-state index in [9.17, 15) is 4.55 Å². The quantitative estimate of drug-likeness (QED) is 0.854. The van der Waals surface area contributed by atoms with Gasteiger partial charge in [0.15, 0.2) is 0 Å². The Bertz CT molecular complexity index is 871. The number of rotatable bonds is 4. The summed E-state index contributed by atoms with van der Waals surface area (Å²) in [5.41, 5.74) is 5.92. The third-order valence-electron chi connectivity index (χ3n) is 5.00. The summed E-state index contributed by atoms with van der Waals surface area (Å²) in [4.78, 5) is 14.1. The molecule has 5 nitrogen and oxygen atoms in total. The Morgan fingerprint density at radius 1 is 1.12 bits per heavy atom. The van der Waals surface area contributed by atoms with Gasteiger partial charge in [0.2, 0.25) is 4.90 Å². The normalized spacial score (nSPS) is 19.7. The van der Waals surface area contributed by atoms with Crippen LogP contribution in [0.25, 0.3) is 16.6 Å². The van der Waals surface area contributed by atoms with Crippen LogP contribution in [-0.4, -0.2) is 32.8 Å². The summed E-state index contributed by atoms with van der Waals surface area (Å²) in [5, 5.41) is 0. The van der Waals surface area contributed by atoms with E-state index in [0.29, 0.717) is 16.5 Å². The molecule has 0 radical (unpaired) electrons. The maximum Gasteiger partial charge on any atom is 0.202 e. The lowest BCUT2D eigenvalue weighted by Gasteiger charge is -2.17. The fourth-order valence-electron chi connectivity index (χ4n) is 3.75. The first kappa shape index (κ1) is 16.7. The van der Waals surface area contributed by atoms with Crippen LogP contribution in [0.4, 0.5) is 0 Å². The second kappa shape index (κ2) is 6.86. The minimum absolute atomic E-state index is 0.326. The van der Waals surface area contributed by atoms with E-state index in [1.807, 2.05) is 19.1 Å². The van der Waals surface area contributed by atoms with Gasteiger partial charge in [-0.05, 0) is 43.9 Å². The van der Waals surface area contributed by atoms with E-state index >= 15 is 0 Å². The van der Waals surface area contributed by atoms with E-state index in [2.05, 4.69) is 26.6 Å². The van der Waals surface area contributed by atoms with Gasteiger partial charge in [-0.25, -0.2) is 4.98 Å². The van der Waals surface area contributed by atoms with Gasteiger partial charge in [-0.2, -0.15) is 0 Å². The number of hydrogen-bond donors (Lipinski definition) is 1. The molecule has 0 saturated heterocycles. The summed E-state index contributed by atoms with van der Waals surface area (Å²) in [6, 6.07) is 4.35. The maximum absolute atomic E-state index is 13.0. The number of hydrogen-bond acceptors (Lipinski definition) is 5. The fourth-order valence-corrected chi connectivity index (χ4v) is 4.98. The zero-order chi connectivity index (χ0) is 17.4. The van der Waals surface area contributed by atoms with Crippen molar-refractivity contribution < 1.29 is 4.55 Å². The first-order valence-electron chi connectivity index (χ1n) is 8.78. The zero-order valence-corrected chi connectivity index (χ0v) is 15.4. The molecule has 2 aromatic rings. The average Bonchev–Trinajstić information content (AvgIpc) is 3.23. The smallest absolute Gasteiger partial charge is 0.202 e. The molecule has 6 heteroatoms. The van der Waals surface area contributed by atoms with Gasteiger partial charge in [0.1, 0.15) is 5.52 Å². The van der Waals surface area contributed by atoms with Crippen molar-refractivity contribution in [1.29, 1.82) is 0 Å². The molecule has 1 aromatic carbocycles. The largest absolute Gasteiger partial charge is 0.593 e. The van der Waals surface area contributed by atoms with Crippen LogP contribution in [0, 0.1) is 0 Å². The number of fused-ring (bicyclic) bond motifs is 1. The van der Waals surface area contributed by atoms with Gasteiger partial charge in [-0.3, -0.25) is 9.98 Å². The van der Waals surface area contributed by atoms with E-state index in [1.165, 1.54) is 18.4 Å². The number of nitrogens with zero attached hydrogens (tertiary/aromatic N) is 3. The van der Waals surface area contributed by atoms with Crippen LogP contribution in [0.15, 0.2) is 40.0 Å². The molecule has 2 heterocycles. The van der Waals surface area contributed by atoms with E-state index in [0.717, 1.165) is 41.8 Å². The molecule has 0 amide bonds. The van der Waals surface area contributed by atoms with Gasteiger partial charge < -0.3 is 4.55 Å². The highest BCUT2D eigenvalue weighted by Crippen LogP contribution is 2.31. The lowest BCUT2D eigenvalue weighted by Crippen LogP contribution is -2.33. The Labute approximate surface area is 151 Å². The Hall–Kier alpha value is -1.76. The second-order valence-electron chi connectivity index (χ2n) is 6.82. The number of aliphatic imine (C=N–C) groups is 1. The van der Waals surface area contributed by atoms with Gasteiger partial charge >= 0.3 is 0 Å². The van der Waals surface area contributed by atoms with E-state index in [-0.39, 0.29) is 0 Å². The molecule has 1 unspecified atom stereocenters. The average molecular weight is 354 g/mol. The third-order valence-corrected chi connectivity index (χ3v) is 6.26. The molecule has 0 bridgehead atoms. The third kappa shape index (κ3) is 3.21. The SMILES string of the molecule is CC1=NCC(C)=C1c1cc([S+]([O-])NC2CCCC2)c2nccnc2c1. The molecule has 1 aliphatic heterocycles. The highest BCUT2D eigenvalue weighted by atomic mass is 32.2. The highest BCUT2D eigenvalue weighted by Gasteiger charge is 2.26. The molecule has 1 aromatic heterocycles. The molecular weight excluding hydrogens is 332 g/mol. The molecule has 1 fully saturated rings. The lowest BCUT2D eigenvalue weighted by molar-refractivity contribution is 0.552. The molecular formula is C19H22N4OS. The number of allylic oxidation sites excluding steroid dienone is 1.